The summed E-state index contributed by atoms with van der Waals surface area (Å²) in [6, 6.07) is 17.3. The van der Waals surface area contributed by atoms with Crippen LogP contribution in [0.3, 0.4) is 0 Å². The van der Waals surface area contributed by atoms with E-state index in [2.05, 4.69) is 0 Å². The normalized spacial score (nSPS) is 15.2. The van der Waals surface area contributed by atoms with Gasteiger partial charge >= 0.3 is 0 Å². The highest BCUT2D eigenvalue weighted by Gasteiger charge is 2.43. The van der Waals surface area contributed by atoms with Gasteiger partial charge in [0.1, 0.15) is 11.3 Å². The Kier molecular flexibility index (Phi) is 5.39. The molecule has 0 bridgehead atoms. The number of benzene rings is 3. The molecule has 5 nitrogen and oxygen atoms in total. The molecule has 4 aromatic rings. The SMILES string of the molecule is COc1cccc(C2c3c(oc4cc(C)c(Cl)cc4c3=O)C(=O)N2Cc2ccccc2Cl)c1. The van der Waals surface area contributed by atoms with E-state index >= 15 is 0 Å². The van der Waals surface area contributed by atoms with E-state index in [4.69, 9.17) is 32.4 Å². The molecular weight excluding hydrogens is 461 g/mol. The predicted molar refractivity (Wildman–Crippen MR) is 128 cm³/mol. The minimum atomic E-state index is -0.667. The number of halogens is 2. The number of fused-ring (bicyclic) bond motifs is 2. The van der Waals surface area contributed by atoms with Crippen LogP contribution in [-0.4, -0.2) is 17.9 Å². The van der Waals surface area contributed by atoms with Crippen LogP contribution in [0.15, 0.2) is 69.9 Å². The first-order valence-electron chi connectivity index (χ1n) is 10.3. The summed E-state index contributed by atoms with van der Waals surface area (Å²) >= 11 is 12.7. The Balaban J connectivity index is 1.76. The Morgan fingerprint density at radius 2 is 1.79 bits per heavy atom. The molecule has 0 spiro atoms. The lowest BCUT2D eigenvalue weighted by molar-refractivity contribution is 0.0714. The van der Waals surface area contributed by atoms with Crippen molar-refractivity contribution in [3.63, 3.8) is 0 Å². The number of hydrogen-bond acceptors (Lipinski definition) is 4. The topological polar surface area (TPSA) is 59.8 Å². The molecule has 1 amide bonds. The molecule has 0 N–H and O–H groups in total. The quantitative estimate of drug-likeness (QED) is 0.351. The Morgan fingerprint density at radius 1 is 1.00 bits per heavy atom. The van der Waals surface area contributed by atoms with Crippen LogP contribution in [0.5, 0.6) is 5.75 Å². The second-order valence-corrected chi connectivity index (χ2v) is 8.79. The van der Waals surface area contributed by atoms with Crippen LogP contribution in [0.2, 0.25) is 10.0 Å². The molecule has 1 unspecified atom stereocenters. The van der Waals surface area contributed by atoms with Gasteiger partial charge in [-0.15, -0.1) is 0 Å². The Hall–Kier alpha value is -3.28. The number of carbonyl (C=O) groups excluding carboxylic acids is 1. The highest BCUT2D eigenvalue weighted by atomic mass is 35.5. The van der Waals surface area contributed by atoms with Crippen LogP contribution in [0.1, 0.15) is 38.9 Å². The minimum absolute atomic E-state index is 0.0362. The molecule has 1 aliphatic rings. The van der Waals surface area contributed by atoms with Crippen LogP contribution in [0.25, 0.3) is 11.0 Å². The number of methoxy groups -OCH3 is 1. The van der Waals surface area contributed by atoms with Crippen molar-refractivity contribution < 1.29 is 13.9 Å². The lowest BCUT2D eigenvalue weighted by Gasteiger charge is -2.26. The van der Waals surface area contributed by atoms with Crippen molar-refractivity contribution >= 4 is 40.1 Å². The molecule has 0 saturated carbocycles. The van der Waals surface area contributed by atoms with Gasteiger partial charge in [-0.05, 0) is 53.9 Å². The molecule has 3 aromatic carbocycles. The highest BCUT2D eigenvalue weighted by Crippen LogP contribution is 2.40. The summed E-state index contributed by atoms with van der Waals surface area (Å²) in [5, 5.41) is 1.34. The van der Waals surface area contributed by atoms with Gasteiger partial charge in [-0.2, -0.15) is 0 Å². The summed E-state index contributed by atoms with van der Waals surface area (Å²) in [4.78, 5) is 28.9. The van der Waals surface area contributed by atoms with Crippen molar-refractivity contribution in [3.8, 4) is 5.75 Å². The molecule has 0 saturated heterocycles. The molecule has 1 atom stereocenters. The third-order valence-electron chi connectivity index (χ3n) is 5.96. The maximum Gasteiger partial charge on any atom is 0.291 e. The first-order chi connectivity index (χ1) is 15.9. The Labute approximate surface area is 200 Å². The molecule has 5 rings (SSSR count). The average Bonchev–Trinajstić information content (AvgIpc) is 3.08. The van der Waals surface area contributed by atoms with E-state index in [0.717, 1.165) is 16.7 Å². The average molecular weight is 480 g/mol. The number of amides is 1. The maximum atomic E-state index is 13.7. The lowest BCUT2D eigenvalue weighted by Crippen LogP contribution is -2.29. The zero-order valence-corrected chi connectivity index (χ0v) is 19.4. The van der Waals surface area contributed by atoms with Gasteiger partial charge in [-0.3, -0.25) is 9.59 Å². The zero-order valence-electron chi connectivity index (χ0n) is 17.9. The standard InChI is InChI=1S/C26H19Cl2NO4/c1-14-10-21-18(12-20(14)28)24(30)22-23(15-7-5-8-17(11-15)32-2)29(26(31)25(22)33-21)13-16-6-3-4-9-19(16)27/h3-12,23H,13H2,1-2H3. The van der Waals surface area contributed by atoms with Gasteiger partial charge in [0.05, 0.1) is 24.1 Å². The summed E-state index contributed by atoms with van der Waals surface area (Å²) in [5.74, 6) is 0.286. The van der Waals surface area contributed by atoms with Crippen molar-refractivity contribution in [2.75, 3.05) is 7.11 Å². The third-order valence-corrected chi connectivity index (χ3v) is 6.73. The number of rotatable bonds is 4. The minimum Gasteiger partial charge on any atom is -0.497 e. The van der Waals surface area contributed by atoms with E-state index in [1.165, 1.54) is 0 Å². The van der Waals surface area contributed by atoms with Gasteiger partial charge in [0, 0.05) is 16.6 Å². The van der Waals surface area contributed by atoms with E-state index in [-0.39, 0.29) is 29.2 Å². The van der Waals surface area contributed by atoms with Gasteiger partial charge in [0.25, 0.3) is 5.91 Å². The molecule has 166 valence electrons. The fourth-order valence-corrected chi connectivity index (χ4v) is 4.63. The number of hydrogen-bond donors (Lipinski definition) is 0. The number of carbonyl (C=O) groups is 1. The van der Waals surface area contributed by atoms with E-state index < -0.39 is 6.04 Å². The summed E-state index contributed by atoms with van der Waals surface area (Å²) in [6.45, 7) is 2.03. The van der Waals surface area contributed by atoms with E-state index in [1.807, 2.05) is 49.4 Å². The molecule has 1 aromatic heterocycles. The van der Waals surface area contributed by atoms with Gasteiger partial charge in [-0.25, -0.2) is 0 Å². The largest absolute Gasteiger partial charge is 0.497 e. The molecule has 33 heavy (non-hydrogen) atoms. The first kappa shape index (κ1) is 21.6. The van der Waals surface area contributed by atoms with E-state index in [0.29, 0.717) is 26.8 Å². The summed E-state index contributed by atoms with van der Waals surface area (Å²) < 4.78 is 11.4. The van der Waals surface area contributed by atoms with Crippen LogP contribution in [-0.2, 0) is 6.54 Å². The van der Waals surface area contributed by atoms with Crippen LogP contribution >= 0.6 is 23.2 Å². The second-order valence-electron chi connectivity index (χ2n) is 7.98. The summed E-state index contributed by atoms with van der Waals surface area (Å²) in [7, 11) is 1.57. The molecule has 2 heterocycles. The maximum absolute atomic E-state index is 13.7. The van der Waals surface area contributed by atoms with Gasteiger partial charge in [0.15, 0.2) is 5.43 Å². The van der Waals surface area contributed by atoms with Crippen molar-refractivity contribution in [2.24, 2.45) is 0 Å². The predicted octanol–water partition coefficient (Wildman–Crippen LogP) is 6.16. The van der Waals surface area contributed by atoms with Crippen molar-refractivity contribution in [2.45, 2.75) is 19.5 Å². The van der Waals surface area contributed by atoms with Gasteiger partial charge in [-0.1, -0.05) is 53.5 Å². The van der Waals surface area contributed by atoms with E-state index in [9.17, 15) is 9.59 Å². The fourth-order valence-electron chi connectivity index (χ4n) is 4.27. The number of aryl methyl sites for hydroxylation is 1. The monoisotopic (exact) mass is 479 g/mol. The van der Waals surface area contributed by atoms with Gasteiger partial charge in [0.2, 0.25) is 5.76 Å². The van der Waals surface area contributed by atoms with Crippen LogP contribution in [0, 0.1) is 6.92 Å². The first-order valence-corrected chi connectivity index (χ1v) is 11.1. The molecule has 1 aliphatic heterocycles. The Bertz CT molecular complexity index is 1480. The number of ether oxygens (including phenoxy) is 1. The summed E-state index contributed by atoms with van der Waals surface area (Å²) in [5.41, 5.74) is 2.60. The van der Waals surface area contributed by atoms with Gasteiger partial charge < -0.3 is 14.1 Å². The lowest BCUT2D eigenvalue weighted by atomic mass is 9.97. The molecule has 7 heteroatoms. The fraction of sp³-hybridized carbons (Fsp3) is 0.154. The van der Waals surface area contributed by atoms with Crippen LogP contribution in [0.4, 0.5) is 0 Å². The molecule has 0 aliphatic carbocycles. The highest BCUT2D eigenvalue weighted by molar-refractivity contribution is 6.32. The molecular formula is C26H19Cl2NO4. The second kappa shape index (κ2) is 8.25. The third kappa shape index (κ3) is 3.58. The Morgan fingerprint density at radius 3 is 2.55 bits per heavy atom. The van der Waals surface area contributed by atoms with Crippen molar-refractivity contribution in [3.05, 3.63) is 109 Å². The zero-order chi connectivity index (χ0) is 23.3. The summed E-state index contributed by atoms with van der Waals surface area (Å²) in [6.07, 6.45) is 0. The van der Waals surface area contributed by atoms with E-state index in [1.54, 1.807) is 30.2 Å². The van der Waals surface area contributed by atoms with Crippen molar-refractivity contribution in [1.82, 2.24) is 4.90 Å². The molecule has 0 fully saturated rings. The molecule has 0 radical (unpaired) electrons. The van der Waals surface area contributed by atoms with Crippen molar-refractivity contribution in [1.29, 1.82) is 0 Å². The number of nitrogens with zero attached hydrogens (tertiary/aromatic N) is 1. The van der Waals surface area contributed by atoms with Crippen LogP contribution < -0.4 is 10.2 Å². The smallest absolute Gasteiger partial charge is 0.291 e.